The zero-order valence-corrected chi connectivity index (χ0v) is 13.4. The molecule has 5 nitrogen and oxygen atoms in total. The molecule has 1 heterocycles. The number of hydrogen-bond acceptors (Lipinski definition) is 4. The fourth-order valence-corrected chi connectivity index (χ4v) is 2.17. The number of amides is 1. The lowest BCUT2D eigenvalue weighted by Crippen LogP contribution is -2.46. The second-order valence-corrected chi connectivity index (χ2v) is 6.91. The summed E-state index contributed by atoms with van der Waals surface area (Å²) >= 11 is 0. The summed E-state index contributed by atoms with van der Waals surface area (Å²) in [6.45, 7) is 12.3. The van der Waals surface area contributed by atoms with E-state index in [0.29, 0.717) is 13.2 Å². The van der Waals surface area contributed by atoms with E-state index < -0.39 is 17.7 Å². The zero-order chi connectivity index (χ0) is 15.5. The maximum absolute atomic E-state index is 12.2. The van der Waals surface area contributed by atoms with Crippen LogP contribution in [0.25, 0.3) is 0 Å². The number of likely N-dealkylation sites (tertiary alicyclic amines) is 1. The molecule has 1 aliphatic rings. The third-order valence-corrected chi connectivity index (χ3v) is 3.13. The molecule has 1 aliphatic heterocycles. The molecular formula is C15H27NO4. The van der Waals surface area contributed by atoms with Gasteiger partial charge in [0.25, 0.3) is 0 Å². The summed E-state index contributed by atoms with van der Waals surface area (Å²) in [6.07, 6.45) is 0.356. The third-order valence-electron chi connectivity index (χ3n) is 3.13. The zero-order valence-electron chi connectivity index (χ0n) is 13.4. The normalized spacial score (nSPS) is 23.1. The van der Waals surface area contributed by atoms with E-state index in [1.807, 2.05) is 41.5 Å². The fraction of sp³-hybridized carbons (Fsp3) is 0.867. The highest BCUT2D eigenvalue weighted by Gasteiger charge is 2.42. The Hall–Kier alpha value is -1.26. The molecule has 0 saturated carbocycles. The van der Waals surface area contributed by atoms with Crippen molar-refractivity contribution in [3.05, 3.63) is 0 Å². The van der Waals surface area contributed by atoms with Crippen LogP contribution < -0.4 is 0 Å². The first-order chi connectivity index (χ1) is 9.11. The van der Waals surface area contributed by atoms with Crippen LogP contribution in [0, 0.1) is 11.8 Å². The largest absolute Gasteiger partial charge is 0.464 e. The summed E-state index contributed by atoms with van der Waals surface area (Å²) < 4.78 is 10.6. The van der Waals surface area contributed by atoms with Crippen LogP contribution in [-0.4, -0.2) is 41.8 Å². The van der Waals surface area contributed by atoms with Crippen LogP contribution in [0.4, 0.5) is 4.79 Å². The second kappa shape index (κ2) is 6.46. The van der Waals surface area contributed by atoms with E-state index in [1.54, 1.807) is 0 Å². The standard InChI is InChI=1S/C15H27NO4/c1-10(2)9-19-13(17)12-11(3)7-8-16(12)14(18)20-15(4,5)6/h10-12H,7-9H2,1-6H3/t11-,12+/m1/s1. The minimum Gasteiger partial charge on any atom is -0.464 e. The SMILES string of the molecule is CC(C)COC(=O)[C@@H]1[C@H](C)CCN1C(=O)OC(C)(C)C. The molecule has 1 rings (SSSR count). The Labute approximate surface area is 121 Å². The minimum absolute atomic E-state index is 0.0992. The van der Waals surface area contributed by atoms with Crippen LogP contribution >= 0.6 is 0 Å². The van der Waals surface area contributed by atoms with Gasteiger partial charge >= 0.3 is 12.1 Å². The van der Waals surface area contributed by atoms with Gasteiger partial charge in [-0.15, -0.1) is 0 Å². The molecule has 0 N–H and O–H groups in total. The van der Waals surface area contributed by atoms with Gasteiger partial charge in [0.1, 0.15) is 11.6 Å². The summed E-state index contributed by atoms with van der Waals surface area (Å²) in [5.41, 5.74) is -0.560. The van der Waals surface area contributed by atoms with Gasteiger partial charge in [0.2, 0.25) is 0 Å². The molecule has 1 saturated heterocycles. The van der Waals surface area contributed by atoms with Gasteiger partial charge in [0, 0.05) is 6.54 Å². The summed E-state index contributed by atoms with van der Waals surface area (Å²) in [4.78, 5) is 25.8. The summed E-state index contributed by atoms with van der Waals surface area (Å²) in [6, 6.07) is -0.524. The average molecular weight is 285 g/mol. The van der Waals surface area contributed by atoms with Crippen LogP contribution in [0.15, 0.2) is 0 Å². The molecule has 0 aliphatic carbocycles. The van der Waals surface area contributed by atoms with Crippen molar-refractivity contribution in [1.29, 1.82) is 0 Å². The van der Waals surface area contributed by atoms with Crippen LogP contribution in [0.5, 0.6) is 0 Å². The van der Waals surface area contributed by atoms with Crippen molar-refractivity contribution < 1.29 is 19.1 Å². The van der Waals surface area contributed by atoms with Gasteiger partial charge in [-0.25, -0.2) is 9.59 Å². The van der Waals surface area contributed by atoms with E-state index in [4.69, 9.17) is 9.47 Å². The van der Waals surface area contributed by atoms with Crippen LogP contribution in [0.1, 0.15) is 48.0 Å². The van der Waals surface area contributed by atoms with Gasteiger partial charge in [-0.2, -0.15) is 0 Å². The lowest BCUT2D eigenvalue weighted by molar-refractivity contribution is -0.151. The predicted molar refractivity (Wildman–Crippen MR) is 76.3 cm³/mol. The summed E-state index contributed by atoms with van der Waals surface area (Å²) in [7, 11) is 0. The van der Waals surface area contributed by atoms with E-state index in [2.05, 4.69) is 0 Å². The van der Waals surface area contributed by atoms with Gasteiger partial charge in [-0.3, -0.25) is 4.90 Å². The van der Waals surface area contributed by atoms with Gasteiger partial charge in [-0.05, 0) is 39.0 Å². The number of hydrogen-bond donors (Lipinski definition) is 0. The molecule has 116 valence electrons. The number of esters is 1. The van der Waals surface area contributed by atoms with E-state index in [0.717, 1.165) is 6.42 Å². The minimum atomic E-state index is -0.560. The molecule has 0 aromatic rings. The van der Waals surface area contributed by atoms with Crippen molar-refractivity contribution in [1.82, 2.24) is 4.90 Å². The van der Waals surface area contributed by atoms with E-state index >= 15 is 0 Å². The average Bonchev–Trinajstić information content (AvgIpc) is 2.65. The van der Waals surface area contributed by atoms with Crippen molar-refractivity contribution in [3.8, 4) is 0 Å². The molecule has 2 atom stereocenters. The predicted octanol–water partition coefficient (Wildman–Crippen LogP) is 2.83. The van der Waals surface area contributed by atoms with E-state index in [-0.39, 0.29) is 17.8 Å². The maximum Gasteiger partial charge on any atom is 0.411 e. The molecule has 0 spiro atoms. The fourth-order valence-electron chi connectivity index (χ4n) is 2.17. The van der Waals surface area contributed by atoms with Gasteiger partial charge in [0.15, 0.2) is 0 Å². The van der Waals surface area contributed by atoms with Crippen molar-refractivity contribution in [2.75, 3.05) is 13.2 Å². The van der Waals surface area contributed by atoms with Gasteiger partial charge in [-0.1, -0.05) is 20.8 Å². The Morgan fingerprint density at radius 1 is 1.30 bits per heavy atom. The highest BCUT2D eigenvalue weighted by Crippen LogP contribution is 2.27. The van der Waals surface area contributed by atoms with E-state index in [1.165, 1.54) is 4.90 Å². The first-order valence-electron chi connectivity index (χ1n) is 7.28. The number of ether oxygens (including phenoxy) is 2. The molecule has 0 unspecified atom stereocenters. The van der Waals surface area contributed by atoms with Crippen LogP contribution in [0.3, 0.4) is 0 Å². The highest BCUT2D eigenvalue weighted by molar-refractivity contribution is 5.82. The van der Waals surface area contributed by atoms with Gasteiger partial charge in [0.05, 0.1) is 6.61 Å². The number of rotatable bonds is 3. The Kier molecular flexibility index (Phi) is 5.42. The lowest BCUT2D eigenvalue weighted by atomic mass is 10.0. The maximum atomic E-state index is 12.2. The van der Waals surface area contributed by atoms with Crippen LogP contribution in [-0.2, 0) is 14.3 Å². The lowest BCUT2D eigenvalue weighted by Gasteiger charge is -2.28. The summed E-state index contributed by atoms with van der Waals surface area (Å²) in [5, 5.41) is 0. The molecular weight excluding hydrogens is 258 g/mol. The van der Waals surface area contributed by atoms with Gasteiger partial charge < -0.3 is 9.47 Å². The number of carbonyl (C=O) groups excluding carboxylic acids is 2. The first-order valence-corrected chi connectivity index (χ1v) is 7.28. The smallest absolute Gasteiger partial charge is 0.411 e. The van der Waals surface area contributed by atoms with E-state index in [9.17, 15) is 9.59 Å². The van der Waals surface area contributed by atoms with Crippen molar-refractivity contribution in [3.63, 3.8) is 0 Å². The van der Waals surface area contributed by atoms with Crippen LogP contribution in [0.2, 0.25) is 0 Å². The first kappa shape index (κ1) is 16.8. The number of nitrogens with zero attached hydrogens (tertiary/aromatic N) is 1. The highest BCUT2D eigenvalue weighted by atomic mass is 16.6. The molecule has 1 fully saturated rings. The Morgan fingerprint density at radius 3 is 2.40 bits per heavy atom. The topological polar surface area (TPSA) is 55.8 Å². The number of carbonyl (C=O) groups is 2. The monoisotopic (exact) mass is 285 g/mol. The Morgan fingerprint density at radius 2 is 1.90 bits per heavy atom. The molecule has 5 heteroatoms. The molecule has 1 amide bonds. The summed E-state index contributed by atoms with van der Waals surface area (Å²) in [5.74, 6) is 0.0578. The quantitative estimate of drug-likeness (QED) is 0.748. The molecule has 0 aromatic heterocycles. The second-order valence-electron chi connectivity index (χ2n) is 6.91. The van der Waals surface area contributed by atoms with Crippen molar-refractivity contribution in [2.24, 2.45) is 11.8 Å². The third kappa shape index (κ3) is 4.69. The Balaban J connectivity index is 2.70. The Bertz CT molecular complexity index is 359. The molecule has 20 heavy (non-hydrogen) atoms. The molecule has 0 aromatic carbocycles. The van der Waals surface area contributed by atoms with Crippen molar-refractivity contribution in [2.45, 2.75) is 59.6 Å². The molecule has 0 radical (unpaired) electrons. The molecule has 0 bridgehead atoms. The van der Waals surface area contributed by atoms with Crippen molar-refractivity contribution >= 4 is 12.1 Å².